The van der Waals surface area contributed by atoms with Crippen LogP contribution >= 0.6 is 23.2 Å². The molecule has 2 nitrogen and oxygen atoms in total. The van der Waals surface area contributed by atoms with Gasteiger partial charge in [0.25, 0.3) is 0 Å². The molecule has 0 heterocycles. The summed E-state index contributed by atoms with van der Waals surface area (Å²) >= 11 is 12.3. The highest BCUT2D eigenvalue weighted by Gasteiger charge is 2.52. The molecule has 34 heavy (non-hydrogen) atoms. The van der Waals surface area contributed by atoms with Crippen molar-refractivity contribution < 1.29 is 4.74 Å². The summed E-state index contributed by atoms with van der Waals surface area (Å²) in [5.41, 5.74) is 2.75. The molecule has 0 saturated heterocycles. The van der Waals surface area contributed by atoms with Gasteiger partial charge in [0.15, 0.2) is 0 Å². The standard InChI is InChI=1S/C30H33Cl2NO/c1-19(30-14-21-10-22(15-30)12-23(11-21)16-30)33-17-26-25-5-3-2-4-24(25)7-9-29(26)34-18-20-6-8-27(31)28(32)13-20/h2-9,13,19,21-23,33H,10-12,14-18H2,1H3. The highest BCUT2D eigenvalue weighted by Crippen LogP contribution is 2.61. The number of nitrogens with one attached hydrogen (secondary N) is 1. The summed E-state index contributed by atoms with van der Waals surface area (Å²) in [6.07, 6.45) is 8.72. The van der Waals surface area contributed by atoms with Gasteiger partial charge in [-0.25, -0.2) is 0 Å². The minimum absolute atomic E-state index is 0.465. The number of fused-ring (bicyclic) bond motifs is 1. The molecule has 3 aromatic rings. The summed E-state index contributed by atoms with van der Waals surface area (Å²) < 4.78 is 6.37. The van der Waals surface area contributed by atoms with Crippen LogP contribution in [0.4, 0.5) is 0 Å². The molecule has 7 rings (SSSR count). The minimum Gasteiger partial charge on any atom is -0.489 e. The second-order valence-corrected chi connectivity index (χ2v) is 12.0. The van der Waals surface area contributed by atoms with Crippen molar-refractivity contribution in [3.05, 3.63) is 75.8 Å². The van der Waals surface area contributed by atoms with Gasteiger partial charge in [0, 0.05) is 18.2 Å². The zero-order valence-electron chi connectivity index (χ0n) is 19.8. The van der Waals surface area contributed by atoms with Gasteiger partial charge in [0.05, 0.1) is 10.0 Å². The lowest BCUT2D eigenvalue weighted by Gasteiger charge is -2.59. The predicted octanol–water partition coefficient (Wildman–Crippen LogP) is 8.42. The molecule has 4 aliphatic carbocycles. The molecule has 3 aromatic carbocycles. The molecule has 0 aliphatic heterocycles. The SMILES string of the molecule is CC(NCc1c(OCc2ccc(Cl)c(Cl)c2)ccc2ccccc12)C12CC3CC(CC(C3)C1)C2. The third-order valence-corrected chi connectivity index (χ3v) is 9.70. The molecule has 1 unspecified atom stereocenters. The van der Waals surface area contributed by atoms with Crippen LogP contribution in [0, 0.1) is 23.2 Å². The molecule has 178 valence electrons. The zero-order chi connectivity index (χ0) is 23.3. The molecule has 4 saturated carbocycles. The number of hydrogen-bond donors (Lipinski definition) is 1. The van der Waals surface area contributed by atoms with E-state index in [-0.39, 0.29) is 0 Å². The van der Waals surface area contributed by atoms with E-state index in [2.05, 4.69) is 48.6 Å². The number of rotatable bonds is 7. The fourth-order valence-electron chi connectivity index (χ4n) is 7.60. The lowest BCUT2D eigenvalue weighted by Crippen LogP contribution is -2.54. The lowest BCUT2D eigenvalue weighted by molar-refractivity contribution is -0.0706. The van der Waals surface area contributed by atoms with E-state index in [1.54, 1.807) is 0 Å². The van der Waals surface area contributed by atoms with Crippen molar-refractivity contribution in [2.45, 2.75) is 64.6 Å². The van der Waals surface area contributed by atoms with Crippen molar-refractivity contribution in [2.75, 3.05) is 0 Å². The summed E-state index contributed by atoms with van der Waals surface area (Å²) in [5.74, 6) is 3.85. The average Bonchev–Trinajstić information content (AvgIpc) is 2.82. The first kappa shape index (κ1) is 22.7. The van der Waals surface area contributed by atoms with Crippen molar-refractivity contribution in [2.24, 2.45) is 23.2 Å². The van der Waals surface area contributed by atoms with Crippen LogP contribution in [0.2, 0.25) is 10.0 Å². The zero-order valence-corrected chi connectivity index (χ0v) is 21.3. The van der Waals surface area contributed by atoms with Crippen LogP contribution in [0.1, 0.15) is 56.6 Å². The van der Waals surface area contributed by atoms with Crippen molar-refractivity contribution in [1.29, 1.82) is 0 Å². The van der Waals surface area contributed by atoms with Crippen LogP contribution in [0.3, 0.4) is 0 Å². The molecule has 1 atom stereocenters. The van der Waals surface area contributed by atoms with Crippen LogP contribution in [0.15, 0.2) is 54.6 Å². The number of ether oxygens (including phenoxy) is 1. The van der Waals surface area contributed by atoms with E-state index in [4.69, 9.17) is 27.9 Å². The molecule has 4 aliphatic rings. The van der Waals surface area contributed by atoms with Gasteiger partial charge in [0.1, 0.15) is 12.4 Å². The van der Waals surface area contributed by atoms with Gasteiger partial charge in [-0.1, -0.05) is 59.6 Å². The largest absolute Gasteiger partial charge is 0.489 e. The van der Waals surface area contributed by atoms with Crippen LogP contribution < -0.4 is 10.1 Å². The first-order valence-electron chi connectivity index (χ1n) is 12.8. The summed E-state index contributed by atoms with van der Waals surface area (Å²) in [6.45, 7) is 3.72. The first-order chi connectivity index (χ1) is 16.5. The number of hydrogen-bond acceptors (Lipinski definition) is 2. The Kier molecular flexibility index (Phi) is 6.04. The van der Waals surface area contributed by atoms with Crippen molar-refractivity contribution in [1.82, 2.24) is 5.32 Å². The summed E-state index contributed by atoms with van der Waals surface area (Å²) in [4.78, 5) is 0. The maximum atomic E-state index is 6.37. The summed E-state index contributed by atoms with van der Waals surface area (Å²) in [5, 5.41) is 7.63. The maximum Gasteiger partial charge on any atom is 0.124 e. The van der Waals surface area contributed by atoms with E-state index in [0.29, 0.717) is 28.1 Å². The van der Waals surface area contributed by atoms with Crippen LogP contribution in [0.25, 0.3) is 10.8 Å². The molecule has 0 spiro atoms. The Morgan fingerprint density at radius 3 is 2.32 bits per heavy atom. The fraction of sp³-hybridized carbons (Fsp3) is 0.467. The average molecular weight is 495 g/mol. The van der Waals surface area contributed by atoms with Crippen LogP contribution in [-0.4, -0.2) is 6.04 Å². The smallest absolute Gasteiger partial charge is 0.124 e. The summed E-state index contributed by atoms with van der Waals surface area (Å²) in [6, 6.07) is 19.1. The van der Waals surface area contributed by atoms with Gasteiger partial charge in [0.2, 0.25) is 0 Å². The van der Waals surface area contributed by atoms with Gasteiger partial charge in [-0.15, -0.1) is 0 Å². The van der Waals surface area contributed by atoms with Gasteiger partial charge in [-0.2, -0.15) is 0 Å². The minimum atomic E-state index is 0.465. The molecule has 4 fully saturated rings. The Labute approximate surface area is 213 Å². The van der Waals surface area contributed by atoms with E-state index < -0.39 is 0 Å². The second-order valence-electron chi connectivity index (χ2n) is 11.2. The van der Waals surface area contributed by atoms with Gasteiger partial charge in [-0.05, 0) is 103 Å². The van der Waals surface area contributed by atoms with Crippen molar-refractivity contribution in [3.63, 3.8) is 0 Å². The van der Waals surface area contributed by atoms with Crippen LogP contribution in [0.5, 0.6) is 5.75 Å². The fourth-order valence-corrected chi connectivity index (χ4v) is 7.92. The van der Waals surface area contributed by atoms with Gasteiger partial charge < -0.3 is 10.1 Å². The first-order valence-corrected chi connectivity index (χ1v) is 13.6. The second kappa shape index (κ2) is 9.04. The Balaban J connectivity index is 1.23. The normalized spacial score (nSPS) is 28.4. The highest BCUT2D eigenvalue weighted by molar-refractivity contribution is 6.42. The Hall–Kier alpha value is -1.74. The number of halogens is 2. The third-order valence-electron chi connectivity index (χ3n) is 8.97. The molecule has 0 aromatic heterocycles. The number of benzene rings is 3. The molecule has 1 N–H and O–H groups in total. The third kappa shape index (κ3) is 4.23. The topological polar surface area (TPSA) is 21.3 Å². The van der Waals surface area contributed by atoms with Crippen molar-refractivity contribution >= 4 is 34.0 Å². The van der Waals surface area contributed by atoms with Crippen LogP contribution in [-0.2, 0) is 13.2 Å². The molecular weight excluding hydrogens is 461 g/mol. The molecular formula is C30H33Cl2NO. The molecule has 0 radical (unpaired) electrons. The predicted molar refractivity (Wildman–Crippen MR) is 142 cm³/mol. The lowest BCUT2D eigenvalue weighted by atomic mass is 9.48. The van der Waals surface area contributed by atoms with E-state index in [9.17, 15) is 0 Å². The molecule has 4 heteroatoms. The molecule has 4 bridgehead atoms. The van der Waals surface area contributed by atoms with Crippen molar-refractivity contribution in [3.8, 4) is 5.75 Å². The van der Waals surface area contributed by atoms with Gasteiger partial charge >= 0.3 is 0 Å². The van der Waals surface area contributed by atoms with E-state index >= 15 is 0 Å². The monoisotopic (exact) mass is 493 g/mol. The Morgan fingerprint density at radius 1 is 0.912 bits per heavy atom. The van der Waals surface area contributed by atoms with Gasteiger partial charge in [-0.3, -0.25) is 0 Å². The Morgan fingerprint density at radius 2 is 1.62 bits per heavy atom. The van der Waals surface area contributed by atoms with E-state index in [1.165, 1.54) is 54.9 Å². The quantitative estimate of drug-likeness (QED) is 0.356. The summed E-state index contributed by atoms with van der Waals surface area (Å²) in [7, 11) is 0. The molecule has 0 amide bonds. The highest BCUT2D eigenvalue weighted by atomic mass is 35.5. The van der Waals surface area contributed by atoms with E-state index in [0.717, 1.165) is 35.6 Å². The van der Waals surface area contributed by atoms with E-state index in [1.807, 2.05) is 18.2 Å². The Bertz CT molecular complexity index is 1170. The maximum absolute atomic E-state index is 6.37.